The topological polar surface area (TPSA) is 91.3 Å². The van der Waals surface area contributed by atoms with Gasteiger partial charge in [-0.3, -0.25) is 4.98 Å². The Kier molecular flexibility index (Phi) is 8.08. The Morgan fingerprint density at radius 3 is 2.47 bits per heavy atom. The van der Waals surface area contributed by atoms with Crippen LogP contribution in [0.25, 0.3) is 0 Å². The first-order chi connectivity index (χ1) is 17.2. The highest BCUT2D eigenvalue weighted by molar-refractivity contribution is 8.00. The van der Waals surface area contributed by atoms with Gasteiger partial charge in [-0.05, 0) is 55.6 Å². The first-order valence-electron chi connectivity index (χ1n) is 11.5. The third kappa shape index (κ3) is 6.32. The molecule has 3 heterocycles. The maximum atomic E-state index is 13.2. The molecule has 0 aliphatic carbocycles. The van der Waals surface area contributed by atoms with Crippen molar-refractivity contribution in [2.75, 3.05) is 42.1 Å². The van der Waals surface area contributed by atoms with Gasteiger partial charge in [0.25, 0.3) is 0 Å². The minimum absolute atomic E-state index is 0.276. The SMILES string of the molecule is CCc1ncnc(N2CCN(S(C)(=O)=O)CC2)c1C#Cc1cnc(C)c(NSc2ccc(F)cc2)c1. The number of anilines is 2. The number of piperazine rings is 1. The maximum Gasteiger partial charge on any atom is 0.211 e. The number of halogens is 1. The van der Waals surface area contributed by atoms with Crippen LogP contribution in [0.5, 0.6) is 0 Å². The number of benzene rings is 1. The van der Waals surface area contributed by atoms with Crippen LogP contribution in [0.15, 0.2) is 47.8 Å². The van der Waals surface area contributed by atoms with E-state index in [1.54, 1.807) is 18.3 Å². The van der Waals surface area contributed by atoms with Crippen LogP contribution in [-0.2, 0) is 16.4 Å². The summed E-state index contributed by atoms with van der Waals surface area (Å²) in [6.07, 6.45) is 5.17. The van der Waals surface area contributed by atoms with Gasteiger partial charge in [0.1, 0.15) is 18.0 Å². The summed E-state index contributed by atoms with van der Waals surface area (Å²) >= 11 is 1.37. The molecule has 36 heavy (non-hydrogen) atoms. The fourth-order valence-electron chi connectivity index (χ4n) is 3.73. The van der Waals surface area contributed by atoms with E-state index < -0.39 is 10.0 Å². The number of aryl methyl sites for hydroxylation is 2. The molecule has 1 aliphatic rings. The van der Waals surface area contributed by atoms with Gasteiger partial charge in [0, 0.05) is 42.8 Å². The van der Waals surface area contributed by atoms with E-state index in [2.05, 4.69) is 36.4 Å². The molecule has 0 spiro atoms. The zero-order chi connectivity index (χ0) is 25.7. The number of hydrogen-bond acceptors (Lipinski definition) is 8. The predicted molar refractivity (Wildman–Crippen MR) is 141 cm³/mol. The van der Waals surface area contributed by atoms with Gasteiger partial charge in [-0.1, -0.05) is 18.8 Å². The molecule has 4 rings (SSSR count). The number of nitrogens with one attached hydrogen (secondary N) is 1. The van der Waals surface area contributed by atoms with Crippen LogP contribution in [-0.4, -0.2) is 60.1 Å². The average molecular weight is 527 g/mol. The number of hydrogen-bond donors (Lipinski definition) is 1. The van der Waals surface area contributed by atoms with Gasteiger partial charge < -0.3 is 9.62 Å². The Labute approximate surface area is 215 Å². The summed E-state index contributed by atoms with van der Waals surface area (Å²) in [5.74, 6) is 6.89. The van der Waals surface area contributed by atoms with Gasteiger partial charge in [-0.2, -0.15) is 4.31 Å². The molecule has 0 unspecified atom stereocenters. The van der Waals surface area contributed by atoms with Crippen molar-refractivity contribution in [2.24, 2.45) is 0 Å². The van der Waals surface area contributed by atoms with Crippen LogP contribution in [0, 0.1) is 24.6 Å². The normalized spacial score (nSPS) is 14.3. The number of rotatable bonds is 6. The summed E-state index contributed by atoms with van der Waals surface area (Å²) in [7, 11) is -3.22. The molecule has 1 saturated heterocycles. The molecule has 0 amide bonds. The summed E-state index contributed by atoms with van der Waals surface area (Å²) < 4.78 is 41.7. The number of nitrogens with zero attached hydrogens (tertiary/aromatic N) is 5. The molecule has 1 N–H and O–H groups in total. The highest BCUT2D eigenvalue weighted by Gasteiger charge is 2.25. The smallest absolute Gasteiger partial charge is 0.211 e. The second-order valence-corrected chi connectivity index (χ2v) is 11.1. The van der Waals surface area contributed by atoms with Gasteiger partial charge in [0.2, 0.25) is 10.0 Å². The Balaban J connectivity index is 1.56. The summed E-state index contributed by atoms with van der Waals surface area (Å²) in [5.41, 5.74) is 3.93. The first-order valence-corrected chi connectivity index (χ1v) is 14.1. The largest absolute Gasteiger partial charge is 0.353 e. The zero-order valence-corrected chi connectivity index (χ0v) is 22.0. The first kappa shape index (κ1) is 25.9. The lowest BCUT2D eigenvalue weighted by Crippen LogP contribution is -2.48. The fraction of sp³-hybridized carbons (Fsp3) is 0.320. The molecule has 2 aromatic heterocycles. The quantitative estimate of drug-likeness (QED) is 0.386. The average Bonchev–Trinajstić information content (AvgIpc) is 2.87. The molecule has 0 radical (unpaired) electrons. The Morgan fingerprint density at radius 1 is 1.08 bits per heavy atom. The van der Waals surface area contributed by atoms with Crippen LogP contribution in [0.1, 0.15) is 29.4 Å². The fourth-order valence-corrected chi connectivity index (χ4v) is 5.27. The standard InChI is InChI=1S/C25H27FN6O2S2/c1-4-23-22(25(29-17-28-23)31-11-13-32(14-12-31)36(3,33)34)10-5-19-15-24(18(2)27-16-19)30-35-21-8-6-20(26)7-9-21/h6-9,15-17,30H,4,11-14H2,1-3H3. The Bertz CT molecular complexity index is 1400. The van der Waals surface area contributed by atoms with Crippen molar-refractivity contribution in [1.82, 2.24) is 19.3 Å². The molecule has 11 heteroatoms. The van der Waals surface area contributed by atoms with Crippen molar-refractivity contribution in [3.8, 4) is 11.8 Å². The van der Waals surface area contributed by atoms with E-state index in [0.29, 0.717) is 38.4 Å². The lowest BCUT2D eigenvalue weighted by molar-refractivity contribution is 0.386. The van der Waals surface area contributed by atoms with Gasteiger partial charge in [0.15, 0.2) is 0 Å². The van der Waals surface area contributed by atoms with Crippen LogP contribution in [0.3, 0.4) is 0 Å². The molecular formula is C25H27FN6O2S2. The molecule has 8 nitrogen and oxygen atoms in total. The van der Waals surface area contributed by atoms with Crippen molar-refractivity contribution in [2.45, 2.75) is 25.2 Å². The minimum Gasteiger partial charge on any atom is -0.353 e. The summed E-state index contributed by atoms with van der Waals surface area (Å²) in [6, 6.07) is 8.17. The molecule has 3 aromatic rings. The van der Waals surface area contributed by atoms with Crippen LogP contribution in [0.2, 0.25) is 0 Å². The van der Waals surface area contributed by atoms with E-state index in [1.165, 1.54) is 41.0 Å². The molecule has 0 bridgehead atoms. The van der Waals surface area contributed by atoms with E-state index in [9.17, 15) is 12.8 Å². The lowest BCUT2D eigenvalue weighted by atomic mass is 10.1. The molecule has 1 fully saturated rings. The van der Waals surface area contributed by atoms with E-state index in [1.807, 2.05) is 19.9 Å². The van der Waals surface area contributed by atoms with E-state index in [4.69, 9.17) is 0 Å². The molecule has 0 atom stereocenters. The third-order valence-electron chi connectivity index (χ3n) is 5.76. The van der Waals surface area contributed by atoms with Gasteiger partial charge in [-0.25, -0.2) is 22.8 Å². The lowest BCUT2D eigenvalue weighted by Gasteiger charge is -2.34. The van der Waals surface area contributed by atoms with Crippen LogP contribution >= 0.6 is 11.9 Å². The second kappa shape index (κ2) is 11.2. The van der Waals surface area contributed by atoms with Crippen molar-refractivity contribution >= 4 is 33.5 Å². The van der Waals surface area contributed by atoms with E-state index >= 15 is 0 Å². The third-order valence-corrected chi connectivity index (χ3v) is 7.89. The molecule has 1 aliphatic heterocycles. The molecule has 1 aromatic carbocycles. The Morgan fingerprint density at radius 2 is 1.81 bits per heavy atom. The van der Waals surface area contributed by atoms with Crippen LogP contribution in [0.4, 0.5) is 15.9 Å². The van der Waals surface area contributed by atoms with Crippen molar-refractivity contribution < 1.29 is 12.8 Å². The van der Waals surface area contributed by atoms with Gasteiger partial charge in [-0.15, -0.1) is 0 Å². The van der Waals surface area contributed by atoms with E-state index in [0.717, 1.165) is 33.1 Å². The van der Waals surface area contributed by atoms with Gasteiger partial charge in [0.05, 0.1) is 28.9 Å². The monoisotopic (exact) mass is 526 g/mol. The number of aromatic nitrogens is 3. The molecular weight excluding hydrogens is 499 g/mol. The maximum absolute atomic E-state index is 13.2. The number of pyridine rings is 1. The second-order valence-electron chi connectivity index (χ2n) is 8.29. The highest BCUT2D eigenvalue weighted by Crippen LogP contribution is 2.25. The van der Waals surface area contributed by atoms with Crippen molar-refractivity contribution in [3.63, 3.8) is 0 Å². The van der Waals surface area contributed by atoms with Gasteiger partial charge >= 0.3 is 0 Å². The van der Waals surface area contributed by atoms with Crippen LogP contribution < -0.4 is 9.62 Å². The zero-order valence-electron chi connectivity index (χ0n) is 20.3. The minimum atomic E-state index is -3.22. The molecule has 188 valence electrons. The number of sulfonamides is 1. The summed E-state index contributed by atoms with van der Waals surface area (Å²) in [4.78, 5) is 16.3. The molecule has 0 saturated carbocycles. The summed E-state index contributed by atoms with van der Waals surface area (Å²) in [5, 5.41) is 0. The summed E-state index contributed by atoms with van der Waals surface area (Å²) in [6.45, 7) is 5.78. The van der Waals surface area contributed by atoms with E-state index in [-0.39, 0.29) is 5.82 Å². The highest BCUT2D eigenvalue weighted by atomic mass is 32.2. The van der Waals surface area contributed by atoms with Crippen molar-refractivity contribution in [3.05, 3.63) is 71.2 Å². The van der Waals surface area contributed by atoms with Crippen molar-refractivity contribution in [1.29, 1.82) is 0 Å². The Hall–Kier alpha value is -3.20. The predicted octanol–water partition coefficient (Wildman–Crippen LogP) is 3.48.